The molecule has 7 nitrogen and oxygen atoms in total. The maximum absolute atomic E-state index is 12.3. The van der Waals surface area contributed by atoms with Gasteiger partial charge in [0.05, 0.1) is 5.60 Å². The third-order valence-corrected chi connectivity index (χ3v) is 5.15. The van der Waals surface area contributed by atoms with E-state index >= 15 is 0 Å². The van der Waals surface area contributed by atoms with E-state index in [9.17, 15) is 13.5 Å². The molecule has 0 aliphatic carbocycles. The summed E-state index contributed by atoms with van der Waals surface area (Å²) in [7, 11) is -3.37. The summed E-state index contributed by atoms with van der Waals surface area (Å²) in [4.78, 5) is 2.08. The lowest BCUT2D eigenvalue weighted by molar-refractivity contribution is 0.0263. The van der Waals surface area contributed by atoms with Crippen LogP contribution in [-0.4, -0.2) is 66.2 Å². The molecule has 1 aromatic rings. The van der Waals surface area contributed by atoms with Crippen LogP contribution in [-0.2, 0) is 15.8 Å². The van der Waals surface area contributed by atoms with Crippen molar-refractivity contribution in [3.05, 3.63) is 17.5 Å². The van der Waals surface area contributed by atoms with Crippen molar-refractivity contribution in [1.29, 1.82) is 0 Å². The summed E-state index contributed by atoms with van der Waals surface area (Å²) >= 11 is 0. The predicted molar refractivity (Wildman–Crippen MR) is 78.2 cm³/mol. The fraction of sp³-hybridized carbons (Fsp3) is 0.769. The summed E-state index contributed by atoms with van der Waals surface area (Å²) in [5, 5.41) is 13.5. The van der Waals surface area contributed by atoms with Crippen molar-refractivity contribution >= 4 is 10.0 Å². The fourth-order valence-electron chi connectivity index (χ4n) is 2.48. The van der Waals surface area contributed by atoms with Gasteiger partial charge in [-0.15, -0.1) is 0 Å². The second kappa shape index (κ2) is 6.04. The zero-order valence-electron chi connectivity index (χ0n) is 12.7. The molecule has 0 amide bonds. The van der Waals surface area contributed by atoms with Crippen LogP contribution in [0.15, 0.2) is 10.6 Å². The molecular weight excluding hydrogens is 294 g/mol. The third kappa shape index (κ3) is 4.77. The summed E-state index contributed by atoms with van der Waals surface area (Å²) in [5.74, 6) is 0.478. The molecule has 0 bridgehead atoms. The minimum absolute atomic E-state index is 0.129. The van der Waals surface area contributed by atoms with E-state index < -0.39 is 15.6 Å². The summed E-state index contributed by atoms with van der Waals surface area (Å²) in [6, 6.07) is 1.64. The first-order valence-electron chi connectivity index (χ1n) is 7.00. The molecule has 0 unspecified atom stereocenters. The molecule has 0 aromatic carbocycles. The van der Waals surface area contributed by atoms with Gasteiger partial charge in [-0.25, -0.2) is 8.42 Å². The van der Waals surface area contributed by atoms with Crippen molar-refractivity contribution in [2.24, 2.45) is 0 Å². The van der Waals surface area contributed by atoms with Crippen molar-refractivity contribution in [3.63, 3.8) is 0 Å². The lowest BCUT2D eigenvalue weighted by Gasteiger charge is -2.36. The number of rotatable bonds is 5. The number of aliphatic hydroxyl groups is 1. The molecule has 0 radical (unpaired) electrons. The topological polar surface area (TPSA) is 86.9 Å². The first-order valence-corrected chi connectivity index (χ1v) is 8.61. The van der Waals surface area contributed by atoms with E-state index in [0.717, 1.165) is 0 Å². The van der Waals surface area contributed by atoms with Crippen LogP contribution in [0.4, 0.5) is 0 Å². The Balaban J connectivity index is 1.91. The van der Waals surface area contributed by atoms with Crippen LogP contribution < -0.4 is 0 Å². The molecule has 8 heteroatoms. The molecule has 21 heavy (non-hydrogen) atoms. The molecule has 1 N–H and O–H groups in total. The molecular formula is C13H23N3O4S. The highest BCUT2D eigenvalue weighted by Crippen LogP contribution is 2.15. The number of nitrogens with zero attached hydrogens (tertiary/aromatic N) is 3. The Morgan fingerprint density at radius 2 is 1.95 bits per heavy atom. The fourth-order valence-corrected chi connectivity index (χ4v) is 3.89. The molecule has 0 spiro atoms. The van der Waals surface area contributed by atoms with Gasteiger partial charge in [0, 0.05) is 38.8 Å². The highest BCUT2D eigenvalue weighted by molar-refractivity contribution is 7.88. The van der Waals surface area contributed by atoms with Crippen LogP contribution in [0.5, 0.6) is 0 Å². The van der Waals surface area contributed by atoms with Crippen LogP contribution in [0.1, 0.15) is 25.3 Å². The second-order valence-electron chi connectivity index (χ2n) is 6.17. The van der Waals surface area contributed by atoms with Gasteiger partial charge in [0.1, 0.15) is 17.2 Å². The Labute approximate surface area is 125 Å². The molecule has 1 aromatic heterocycles. The van der Waals surface area contributed by atoms with Gasteiger partial charge in [-0.2, -0.15) is 4.31 Å². The predicted octanol–water partition coefficient (Wildman–Crippen LogP) is 0.201. The first kappa shape index (κ1) is 16.4. The van der Waals surface area contributed by atoms with Crippen LogP contribution in [0.25, 0.3) is 0 Å². The number of aromatic nitrogens is 1. The molecule has 1 aliphatic rings. The average Bonchev–Trinajstić information content (AvgIpc) is 2.72. The van der Waals surface area contributed by atoms with Crippen molar-refractivity contribution < 1.29 is 18.0 Å². The van der Waals surface area contributed by atoms with Crippen molar-refractivity contribution in [3.8, 4) is 0 Å². The summed E-state index contributed by atoms with van der Waals surface area (Å²) in [6.07, 6.45) is 0. The maximum atomic E-state index is 12.3. The summed E-state index contributed by atoms with van der Waals surface area (Å²) in [5.41, 5.74) is -0.328. The number of hydrogen-bond acceptors (Lipinski definition) is 6. The first-order chi connectivity index (χ1) is 9.66. The maximum Gasteiger partial charge on any atom is 0.220 e. The van der Waals surface area contributed by atoms with E-state index in [2.05, 4.69) is 10.1 Å². The molecule has 1 aliphatic heterocycles. The lowest BCUT2D eigenvalue weighted by atomic mass is 10.1. The van der Waals surface area contributed by atoms with E-state index in [1.807, 2.05) is 0 Å². The van der Waals surface area contributed by atoms with Crippen LogP contribution >= 0.6 is 0 Å². The Morgan fingerprint density at radius 1 is 1.33 bits per heavy atom. The van der Waals surface area contributed by atoms with Gasteiger partial charge in [0.25, 0.3) is 0 Å². The highest BCUT2D eigenvalue weighted by atomic mass is 32.2. The quantitative estimate of drug-likeness (QED) is 0.835. The van der Waals surface area contributed by atoms with E-state index in [1.165, 1.54) is 4.31 Å². The van der Waals surface area contributed by atoms with Gasteiger partial charge in [-0.3, -0.25) is 4.90 Å². The minimum Gasteiger partial charge on any atom is -0.389 e. The third-order valence-electron chi connectivity index (χ3n) is 3.34. The average molecular weight is 317 g/mol. The molecule has 0 atom stereocenters. The highest BCUT2D eigenvalue weighted by Gasteiger charge is 2.29. The van der Waals surface area contributed by atoms with Gasteiger partial charge in [0.2, 0.25) is 10.0 Å². The van der Waals surface area contributed by atoms with Crippen LogP contribution in [0, 0.1) is 6.92 Å². The van der Waals surface area contributed by atoms with E-state index in [1.54, 1.807) is 26.8 Å². The molecule has 120 valence electrons. The van der Waals surface area contributed by atoms with E-state index in [4.69, 9.17) is 4.52 Å². The SMILES string of the molecule is Cc1cc(CS(=O)(=O)N2CCN(CC(C)(C)O)CC2)no1. The molecule has 1 fully saturated rings. The summed E-state index contributed by atoms with van der Waals surface area (Å²) in [6.45, 7) is 7.92. The van der Waals surface area contributed by atoms with Gasteiger partial charge in [-0.05, 0) is 20.8 Å². The smallest absolute Gasteiger partial charge is 0.220 e. The number of hydrogen-bond donors (Lipinski definition) is 1. The largest absolute Gasteiger partial charge is 0.389 e. The van der Waals surface area contributed by atoms with Crippen molar-refractivity contribution in [2.45, 2.75) is 32.1 Å². The Kier molecular flexibility index (Phi) is 4.72. The Morgan fingerprint density at radius 3 is 2.43 bits per heavy atom. The van der Waals surface area contributed by atoms with Gasteiger partial charge >= 0.3 is 0 Å². The summed E-state index contributed by atoms with van der Waals surface area (Å²) < 4.78 is 31.0. The van der Waals surface area contributed by atoms with Crippen molar-refractivity contribution in [2.75, 3.05) is 32.7 Å². The number of sulfonamides is 1. The lowest BCUT2D eigenvalue weighted by Crippen LogP contribution is -2.52. The van der Waals surface area contributed by atoms with Crippen LogP contribution in [0.2, 0.25) is 0 Å². The number of aryl methyl sites for hydroxylation is 1. The Hall–Kier alpha value is -0.960. The molecule has 2 rings (SSSR count). The second-order valence-corrected chi connectivity index (χ2v) is 8.14. The zero-order chi connectivity index (χ0) is 15.7. The standard InChI is InChI=1S/C13H23N3O4S/c1-11-8-12(14-20-11)9-21(18,19)16-6-4-15(5-7-16)10-13(2,3)17/h8,17H,4-7,9-10H2,1-3H3. The van der Waals surface area contributed by atoms with Crippen LogP contribution in [0.3, 0.4) is 0 Å². The zero-order valence-corrected chi connectivity index (χ0v) is 13.6. The molecule has 2 heterocycles. The number of piperazine rings is 1. The van der Waals surface area contributed by atoms with E-state index in [0.29, 0.717) is 44.2 Å². The molecule has 1 saturated heterocycles. The van der Waals surface area contributed by atoms with Crippen molar-refractivity contribution in [1.82, 2.24) is 14.4 Å². The molecule has 0 saturated carbocycles. The number of β-amino-alcohol motifs (C(OH)–C–C–N with tert-alkyl or cyclic N) is 1. The van der Waals surface area contributed by atoms with E-state index in [-0.39, 0.29) is 5.75 Å². The monoisotopic (exact) mass is 317 g/mol. The van der Waals surface area contributed by atoms with Gasteiger partial charge < -0.3 is 9.63 Å². The van der Waals surface area contributed by atoms with Gasteiger partial charge in [0.15, 0.2) is 0 Å². The Bertz CT molecular complexity index is 568. The minimum atomic E-state index is -3.37. The van der Waals surface area contributed by atoms with Gasteiger partial charge in [-0.1, -0.05) is 5.16 Å². The normalized spacial score (nSPS) is 19.0.